The number of hydrogen-bond acceptors (Lipinski definition) is 5. The summed E-state index contributed by atoms with van der Waals surface area (Å²) in [5.74, 6) is 0.333. The summed E-state index contributed by atoms with van der Waals surface area (Å²) in [6.07, 6.45) is 1.51. The third kappa shape index (κ3) is 4.06. The highest BCUT2D eigenvalue weighted by Gasteiger charge is 2.16. The molecule has 21 heavy (non-hydrogen) atoms. The van der Waals surface area contributed by atoms with Crippen LogP contribution in [0.3, 0.4) is 0 Å². The number of nitrogens with two attached hydrogens (primary N) is 1. The van der Waals surface area contributed by atoms with Gasteiger partial charge >= 0.3 is 0 Å². The van der Waals surface area contributed by atoms with Crippen LogP contribution in [0.25, 0.3) is 0 Å². The smallest absolute Gasteiger partial charge is 0.216 e. The minimum Gasteiger partial charge on any atom is -0.389 e. The lowest BCUT2D eigenvalue weighted by Gasteiger charge is -2.10. The van der Waals surface area contributed by atoms with Crippen LogP contribution in [0, 0.1) is 0 Å². The first-order valence-corrected chi connectivity index (χ1v) is 8.13. The second-order valence-electron chi connectivity index (χ2n) is 4.46. The van der Waals surface area contributed by atoms with Crippen molar-refractivity contribution in [3.8, 4) is 0 Å². The Morgan fingerprint density at radius 2 is 2.14 bits per heavy atom. The van der Waals surface area contributed by atoms with Gasteiger partial charge in [-0.05, 0) is 5.56 Å². The Kier molecular flexibility index (Phi) is 4.66. The second kappa shape index (κ2) is 6.29. The topological polar surface area (TPSA) is 103 Å². The highest BCUT2D eigenvalue weighted by molar-refractivity contribution is 7.88. The van der Waals surface area contributed by atoms with Gasteiger partial charge in [-0.2, -0.15) is 0 Å². The van der Waals surface area contributed by atoms with Crippen LogP contribution in [0.15, 0.2) is 30.6 Å². The highest BCUT2D eigenvalue weighted by atomic mass is 32.2. The van der Waals surface area contributed by atoms with E-state index in [1.165, 1.54) is 6.33 Å². The van der Waals surface area contributed by atoms with Gasteiger partial charge in [0.15, 0.2) is 0 Å². The van der Waals surface area contributed by atoms with E-state index in [4.69, 9.17) is 18.0 Å². The van der Waals surface area contributed by atoms with Crippen molar-refractivity contribution in [1.29, 1.82) is 0 Å². The van der Waals surface area contributed by atoms with Crippen LogP contribution >= 0.6 is 12.2 Å². The minimum absolute atomic E-state index is 0.0775. The molecule has 0 atom stereocenters. The van der Waals surface area contributed by atoms with Gasteiger partial charge in [-0.15, -0.1) is 10.2 Å². The lowest BCUT2D eigenvalue weighted by Crippen LogP contribution is -2.27. The van der Waals surface area contributed by atoms with Crippen LogP contribution in [0.4, 0.5) is 0 Å². The minimum atomic E-state index is -3.53. The summed E-state index contributed by atoms with van der Waals surface area (Å²) in [6.45, 7) is 0.0775. The average Bonchev–Trinajstić information content (AvgIpc) is 2.82. The van der Waals surface area contributed by atoms with Crippen molar-refractivity contribution >= 4 is 27.2 Å². The van der Waals surface area contributed by atoms with Crippen LogP contribution in [0.5, 0.6) is 0 Å². The second-order valence-corrected chi connectivity index (χ2v) is 6.71. The molecule has 1 heterocycles. The molecule has 0 amide bonds. The van der Waals surface area contributed by atoms with Crippen molar-refractivity contribution in [3.05, 3.63) is 47.5 Å². The normalized spacial score (nSPS) is 11.5. The van der Waals surface area contributed by atoms with Gasteiger partial charge in [0.1, 0.15) is 17.1 Å². The molecule has 9 heteroatoms. The van der Waals surface area contributed by atoms with E-state index in [9.17, 15) is 8.42 Å². The number of hydrogen-bond donors (Lipinski definition) is 2. The van der Waals surface area contributed by atoms with E-state index >= 15 is 0 Å². The van der Waals surface area contributed by atoms with E-state index in [0.717, 1.165) is 0 Å². The van der Waals surface area contributed by atoms with Gasteiger partial charge in [0.25, 0.3) is 0 Å². The molecule has 0 saturated carbocycles. The first-order chi connectivity index (χ1) is 9.89. The molecule has 0 bridgehead atoms. The van der Waals surface area contributed by atoms with Crippen molar-refractivity contribution in [2.75, 3.05) is 0 Å². The first-order valence-electron chi connectivity index (χ1n) is 6.07. The van der Waals surface area contributed by atoms with E-state index in [2.05, 4.69) is 14.9 Å². The van der Waals surface area contributed by atoms with Crippen molar-refractivity contribution in [2.45, 2.75) is 12.3 Å². The maximum absolute atomic E-state index is 12.1. The molecule has 0 fully saturated rings. The maximum atomic E-state index is 12.1. The van der Waals surface area contributed by atoms with Gasteiger partial charge in [0.2, 0.25) is 10.0 Å². The number of nitrogens with zero attached hydrogens (tertiary/aromatic N) is 3. The average molecular weight is 325 g/mol. The molecule has 1 aromatic heterocycles. The van der Waals surface area contributed by atoms with Gasteiger partial charge in [-0.25, -0.2) is 13.1 Å². The summed E-state index contributed by atoms with van der Waals surface area (Å²) in [7, 11) is -1.79. The monoisotopic (exact) mass is 325 g/mol. The molecule has 0 spiro atoms. The highest BCUT2D eigenvalue weighted by Crippen LogP contribution is 2.12. The SMILES string of the molecule is Cn1cnnc1CNS(=O)(=O)Cc1ccccc1C(N)=S. The molecule has 0 saturated heterocycles. The summed E-state index contributed by atoms with van der Waals surface area (Å²) >= 11 is 4.93. The van der Waals surface area contributed by atoms with E-state index < -0.39 is 10.0 Å². The fraction of sp³-hybridized carbons (Fsp3) is 0.250. The van der Waals surface area contributed by atoms with Crippen LogP contribution in [0.1, 0.15) is 17.0 Å². The molecule has 0 radical (unpaired) electrons. The summed E-state index contributed by atoms with van der Waals surface area (Å²) in [5, 5.41) is 7.51. The molecular weight excluding hydrogens is 310 g/mol. The third-order valence-corrected chi connectivity index (χ3v) is 4.38. The lowest BCUT2D eigenvalue weighted by atomic mass is 10.1. The quantitative estimate of drug-likeness (QED) is 0.729. The Labute approximate surface area is 128 Å². The van der Waals surface area contributed by atoms with Gasteiger partial charge in [-0.1, -0.05) is 36.5 Å². The predicted molar refractivity (Wildman–Crippen MR) is 82.8 cm³/mol. The molecule has 0 aliphatic rings. The Balaban J connectivity index is 2.11. The summed E-state index contributed by atoms with van der Waals surface area (Å²) < 4.78 is 28.4. The summed E-state index contributed by atoms with van der Waals surface area (Å²) in [5.41, 5.74) is 6.73. The zero-order chi connectivity index (χ0) is 15.5. The van der Waals surface area contributed by atoms with Gasteiger partial charge in [-0.3, -0.25) is 0 Å². The van der Waals surface area contributed by atoms with Gasteiger partial charge in [0.05, 0.1) is 12.3 Å². The molecule has 0 aliphatic carbocycles. The van der Waals surface area contributed by atoms with E-state index in [1.54, 1.807) is 35.9 Å². The Hall–Kier alpha value is -1.84. The fourth-order valence-corrected chi connectivity index (χ4v) is 3.10. The molecule has 0 aliphatic heterocycles. The van der Waals surface area contributed by atoms with Crippen LogP contribution in [-0.2, 0) is 29.4 Å². The molecular formula is C12H15N5O2S2. The lowest BCUT2D eigenvalue weighted by molar-refractivity contribution is 0.576. The van der Waals surface area contributed by atoms with Crippen molar-refractivity contribution in [2.24, 2.45) is 12.8 Å². The molecule has 3 N–H and O–H groups in total. The van der Waals surface area contributed by atoms with Crippen molar-refractivity contribution < 1.29 is 8.42 Å². The third-order valence-electron chi connectivity index (χ3n) is 2.88. The zero-order valence-corrected chi connectivity index (χ0v) is 13.0. The van der Waals surface area contributed by atoms with Crippen LogP contribution in [0.2, 0.25) is 0 Å². The van der Waals surface area contributed by atoms with Crippen molar-refractivity contribution in [3.63, 3.8) is 0 Å². The maximum Gasteiger partial charge on any atom is 0.216 e. The number of benzene rings is 1. The first kappa shape index (κ1) is 15.5. The largest absolute Gasteiger partial charge is 0.389 e. The number of aryl methyl sites for hydroxylation is 1. The number of rotatable bonds is 6. The number of aromatic nitrogens is 3. The molecule has 2 aromatic rings. The Bertz CT molecular complexity index is 755. The molecule has 0 unspecified atom stereocenters. The van der Waals surface area contributed by atoms with Crippen LogP contribution in [-0.4, -0.2) is 28.2 Å². The Morgan fingerprint density at radius 1 is 1.43 bits per heavy atom. The molecule has 112 valence electrons. The van der Waals surface area contributed by atoms with E-state index in [1.807, 2.05) is 0 Å². The number of thiocarbonyl (C=S) groups is 1. The molecule has 2 rings (SSSR count). The molecule has 7 nitrogen and oxygen atoms in total. The summed E-state index contributed by atoms with van der Waals surface area (Å²) in [6, 6.07) is 6.90. The molecule has 1 aromatic carbocycles. The van der Waals surface area contributed by atoms with Crippen molar-refractivity contribution in [1.82, 2.24) is 19.5 Å². The fourth-order valence-electron chi connectivity index (χ4n) is 1.78. The van der Waals surface area contributed by atoms with E-state index in [0.29, 0.717) is 17.0 Å². The predicted octanol–water partition coefficient (Wildman–Crippen LogP) is 0.0689. The summed E-state index contributed by atoms with van der Waals surface area (Å²) in [4.78, 5) is 0.175. The van der Waals surface area contributed by atoms with E-state index in [-0.39, 0.29) is 17.3 Å². The zero-order valence-electron chi connectivity index (χ0n) is 11.4. The van der Waals surface area contributed by atoms with Crippen LogP contribution < -0.4 is 10.5 Å². The van der Waals surface area contributed by atoms with Gasteiger partial charge < -0.3 is 10.3 Å². The number of nitrogens with one attached hydrogen (secondary N) is 1. The number of sulfonamides is 1. The van der Waals surface area contributed by atoms with Gasteiger partial charge in [0, 0.05) is 12.6 Å². The Morgan fingerprint density at radius 3 is 2.76 bits per heavy atom. The standard InChI is InChI=1S/C12H15N5O2S2/c1-17-8-14-16-11(17)6-15-21(18,19)7-9-4-2-3-5-10(9)12(13)20/h2-5,8,15H,6-7H2,1H3,(H2,13,20).